The van der Waals surface area contributed by atoms with Crippen LogP contribution >= 0.6 is 0 Å². The van der Waals surface area contributed by atoms with Gasteiger partial charge in [-0.1, -0.05) is 13.8 Å². The lowest BCUT2D eigenvalue weighted by atomic mass is 9.97. The fourth-order valence-electron chi connectivity index (χ4n) is 1.41. The fraction of sp³-hybridized carbons (Fsp3) is 0.875. The van der Waals surface area contributed by atoms with E-state index in [2.05, 4.69) is 0 Å². The Hall–Kier alpha value is -0.410. The van der Waals surface area contributed by atoms with Gasteiger partial charge in [0.1, 0.15) is 0 Å². The number of carbonyl (C=O) groups is 1. The summed E-state index contributed by atoms with van der Waals surface area (Å²) in [6, 6.07) is 0. The molecule has 64 valence electrons. The van der Waals surface area contributed by atoms with E-state index in [-0.39, 0.29) is 6.10 Å². The number of carbonyl (C=O) groups excluding carboxylic acids is 1. The van der Waals surface area contributed by atoms with Crippen LogP contribution < -0.4 is 0 Å². The average Bonchev–Trinajstić information content (AvgIpc) is 2.78. The van der Waals surface area contributed by atoms with Crippen LogP contribution in [-0.4, -0.2) is 29.2 Å². The van der Waals surface area contributed by atoms with Gasteiger partial charge < -0.3 is 9.84 Å². The normalized spacial score (nSPS) is 38.3. The van der Waals surface area contributed by atoms with Gasteiger partial charge >= 0.3 is 0 Å². The second-order valence-electron chi connectivity index (χ2n) is 2.91. The van der Waals surface area contributed by atoms with E-state index >= 15 is 0 Å². The summed E-state index contributed by atoms with van der Waals surface area (Å²) in [5, 5.41) is 9.39. The van der Waals surface area contributed by atoms with Crippen molar-refractivity contribution in [3.63, 3.8) is 0 Å². The lowest BCUT2D eigenvalue weighted by Gasteiger charge is -2.10. The zero-order valence-electron chi connectivity index (χ0n) is 6.91. The van der Waals surface area contributed by atoms with Gasteiger partial charge in [0.2, 0.25) is 0 Å². The summed E-state index contributed by atoms with van der Waals surface area (Å²) in [5.74, 6) is 0. The third-order valence-corrected chi connectivity index (χ3v) is 2.25. The Bertz CT molecular complexity index is 157. The predicted molar refractivity (Wildman–Crippen MR) is 40.3 cm³/mol. The van der Waals surface area contributed by atoms with Gasteiger partial charge in [-0.05, 0) is 12.8 Å². The Labute approximate surface area is 66.4 Å². The van der Waals surface area contributed by atoms with Crippen LogP contribution in [0.4, 0.5) is 0 Å². The molecular formula is C8H14O3. The lowest BCUT2D eigenvalue weighted by Crippen LogP contribution is -2.33. The smallest absolute Gasteiger partial charge is 0.175 e. The van der Waals surface area contributed by atoms with Crippen LogP contribution in [0.15, 0.2) is 0 Å². The van der Waals surface area contributed by atoms with Crippen molar-refractivity contribution in [1.29, 1.82) is 0 Å². The molecule has 11 heavy (non-hydrogen) atoms. The summed E-state index contributed by atoms with van der Waals surface area (Å²) < 4.78 is 5.14. The number of hydrogen-bond acceptors (Lipinski definition) is 3. The predicted octanol–water partition coefficient (Wildman–Crippen LogP) is 0.504. The lowest BCUT2D eigenvalue weighted by molar-refractivity contribution is -0.116. The molecular weight excluding hydrogens is 144 g/mol. The van der Waals surface area contributed by atoms with E-state index in [1.807, 2.05) is 13.8 Å². The number of ether oxygens (including phenoxy) is 1. The van der Waals surface area contributed by atoms with Crippen molar-refractivity contribution < 1.29 is 14.6 Å². The maximum absolute atomic E-state index is 10.6. The molecule has 3 nitrogen and oxygen atoms in total. The second-order valence-corrected chi connectivity index (χ2v) is 2.91. The number of aliphatic hydroxyl groups is 1. The molecule has 3 atom stereocenters. The van der Waals surface area contributed by atoms with E-state index in [9.17, 15) is 9.90 Å². The van der Waals surface area contributed by atoms with Crippen molar-refractivity contribution in [3.05, 3.63) is 0 Å². The molecule has 0 amide bonds. The number of hydrogen-bond donors (Lipinski definition) is 1. The summed E-state index contributed by atoms with van der Waals surface area (Å²) in [4.78, 5) is 10.6. The fourth-order valence-corrected chi connectivity index (χ4v) is 1.41. The van der Waals surface area contributed by atoms with Crippen LogP contribution in [-0.2, 0) is 9.53 Å². The minimum Gasteiger partial charge on any atom is -0.390 e. The number of rotatable bonds is 4. The molecule has 0 spiro atoms. The van der Waals surface area contributed by atoms with E-state index in [1.165, 1.54) is 0 Å². The van der Waals surface area contributed by atoms with Crippen molar-refractivity contribution >= 4 is 6.29 Å². The molecule has 1 aliphatic rings. The van der Waals surface area contributed by atoms with E-state index in [4.69, 9.17) is 4.74 Å². The van der Waals surface area contributed by atoms with Crippen molar-refractivity contribution in [1.82, 2.24) is 0 Å². The molecule has 1 aliphatic heterocycles. The van der Waals surface area contributed by atoms with Crippen molar-refractivity contribution in [2.45, 2.75) is 44.5 Å². The molecule has 0 aliphatic carbocycles. The highest BCUT2D eigenvalue weighted by atomic mass is 16.6. The first kappa shape index (κ1) is 8.68. The quantitative estimate of drug-likeness (QED) is 0.479. The molecule has 1 fully saturated rings. The Morgan fingerprint density at radius 2 is 2.36 bits per heavy atom. The van der Waals surface area contributed by atoms with Crippen molar-refractivity contribution in [2.75, 3.05) is 0 Å². The highest BCUT2D eigenvalue weighted by Crippen LogP contribution is 2.40. The van der Waals surface area contributed by atoms with Gasteiger partial charge in [0, 0.05) is 0 Å². The molecule has 0 bridgehead atoms. The second kappa shape index (κ2) is 2.91. The van der Waals surface area contributed by atoms with Gasteiger partial charge in [-0.2, -0.15) is 0 Å². The van der Waals surface area contributed by atoms with Gasteiger partial charge in [-0.3, -0.25) is 4.79 Å². The molecule has 0 saturated carbocycles. The molecule has 0 aromatic rings. The summed E-state index contributed by atoms with van der Waals surface area (Å²) in [5.41, 5.74) is -0.858. The minimum atomic E-state index is -0.858. The van der Waals surface area contributed by atoms with Crippen LogP contribution in [0.25, 0.3) is 0 Å². The summed E-state index contributed by atoms with van der Waals surface area (Å²) >= 11 is 0. The minimum absolute atomic E-state index is 0.0602. The molecule has 3 heteroatoms. The van der Waals surface area contributed by atoms with Crippen molar-refractivity contribution in [2.24, 2.45) is 0 Å². The van der Waals surface area contributed by atoms with Gasteiger partial charge in [0.15, 0.2) is 11.9 Å². The molecule has 1 saturated heterocycles. The monoisotopic (exact) mass is 158 g/mol. The van der Waals surface area contributed by atoms with Gasteiger partial charge in [-0.15, -0.1) is 0 Å². The highest BCUT2D eigenvalue weighted by Gasteiger charge is 2.59. The van der Waals surface area contributed by atoms with E-state index in [0.29, 0.717) is 6.42 Å². The van der Waals surface area contributed by atoms with Gasteiger partial charge in [-0.25, -0.2) is 0 Å². The van der Waals surface area contributed by atoms with Crippen molar-refractivity contribution in [3.8, 4) is 0 Å². The topological polar surface area (TPSA) is 49.8 Å². The molecule has 1 rings (SSSR count). The third kappa shape index (κ3) is 1.19. The molecule has 0 radical (unpaired) electrons. The number of epoxide rings is 1. The summed E-state index contributed by atoms with van der Waals surface area (Å²) in [7, 11) is 0. The largest absolute Gasteiger partial charge is 0.390 e. The molecule has 0 unspecified atom stereocenters. The van der Waals surface area contributed by atoms with E-state index in [1.54, 1.807) is 0 Å². The Balaban J connectivity index is 2.58. The SMILES string of the molecule is CC[C@@H](O)[C@]1(C=O)O[C@H]1CC. The molecule has 0 aromatic heterocycles. The maximum atomic E-state index is 10.6. The summed E-state index contributed by atoms with van der Waals surface area (Å²) in [6.45, 7) is 3.78. The first-order chi connectivity index (χ1) is 5.21. The Morgan fingerprint density at radius 1 is 1.73 bits per heavy atom. The first-order valence-corrected chi connectivity index (χ1v) is 4.03. The number of aliphatic hydroxyl groups excluding tert-OH is 1. The Morgan fingerprint density at radius 3 is 2.64 bits per heavy atom. The first-order valence-electron chi connectivity index (χ1n) is 4.03. The van der Waals surface area contributed by atoms with Gasteiger partial charge in [0.25, 0.3) is 0 Å². The maximum Gasteiger partial charge on any atom is 0.175 e. The number of aldehydes is 1. The molecule has 1 heterocycles. The van der Waals surface area contributed by atoms with Crippen LogP contribution in [0.2, 0.25) is 0 Å². The van der Waals surface area contributed by atoms with Crippen LogP contribution in [0.5, 0.6) is 0 Å². The van der Waals surface area contributed by atoms with Crippen LogP contribution in [0.3, 0.4) is 0 Å². The van der Waals surface area contributed by atoms with E-state index in [0.717, 1.165) is 12.7 Å². The molecule has 1 N–H and O–H groups in total. The summed E-state index contributed by atoms with van der Waals surface area (Å²) in [6.07, 6.45) is 1.39. The zero-order valence-corrected chi connectivity index (χ0v) is 6.91. The van der Waals surface area contributed by atoms with Crippen LogP contribution in [0.1, 0.15) is 26.7 Å². The zero-order chi connectivity index (χ0) is 8.48. The standard InChI is InChI=1S/C8H14O3/c1-3-6(10)8(5-9)7(4-2)11-8/h5-7,10H,3-4H2,1-2H3/t6-,7+,8+/m1/s1. The molecule has 0 aromatic carbocycles. The average molecular weight is 158 g/mol. The van der Waals surface area contributed by atoms with Crippen LogP contribution in [0, 0.1) is 0 Å². The van der Waals surface area contributed by atoms with E-state index < -0.39 is 11.7 Å². The Kier molecular flexibility index (Phi) is 2.30. The third-order valence-electron chi connectivity index (χ3n) is 2.25. The highest BCUT2D eigenvalue weighted by molar-refractivity contribution is 5.69. The van der Waals surface area contributed by atoms with Gasteiger partial charge in [0.05, 0.1) is 12.2 Å².